The van der Waals surface area contributed by atoms with Crippen LogP contribution in [0.15, 0.2) is 30.5 Å². The Bertz CT molecular complexity index is 877. The minimum Gasteiger partial charge on any atom is -0.356 e. The van der Waals surface area contributed by atoms with Crippen LogP contribution in [-0.4, -0.2) is 32.0 Å². The number of fused-ring (bicyclic) bond motifs is 1. The molecule has 0 saturated heterocycles. The average Bonchev–Trinajstić information content (AvgIpc) is 3.13. The van der Waals surface area contributed by atoms with Crippen molar-refractivity contribution in [2.24, 2.45) is 0 Å². The molecule has 6 heteroatoms. The van der Waals surface area contributed by atoms with Crippen LogP contribution in [0.3, 0.4) is 0 Å². The normalized spacial score (nSPS) is 11.2. The lowest BCUT2D eigenvalue weighted by Gasteiger charge is -2.07. The quantitative estimate of drug-likeness (QED) is 0.673. The maximum atomic E-state index is 12.0. The van der Waals surface area contributed by atoms with E-state index >= 15 is 0 Å². The van der Waals surface area contributed by atoms with Crippen LogP contribution < -0.4 is 5.32 Å². The highest BCUT2D eigenvalue weighted by atomic mass is 16.1. The van der Waals surface area contributed by atoms with E-state index in [1.807, 2.05) is 34.6 Å². The molecule has 0 unspecified atom stereocenters. The Morgan fingerprint density at radius 3 is 2.76 bits per heavy atom. The van der Waals surface area contributed by atoms with Gasteiger partial charge >= 0.3 is 0 Å². The summed E-state index contributed by atoms with van der Waals surface area (Å²) in [6.45, 7) is 8.19. The number of amides is 1. The van der Waals surface area contributed by atoms with Gasteiger partial charge in [-0.1, -0.05) is 12.1 Å². The van der Waals surface area contributed by atoms with Crippen molar-refractivity contribution in [3.05, 3.63) is 47.4 Å². The van der Waals surface area contributed by atoms with Gasteiger partial charge in [-0.15, -0.1) is 0 Å². The Morgan fingerprint density at radius 1 is 1.16 bits per heavy atom. The van der Waals surface area contributed by atoms with E-state index in [2.05, 4.69) is 41.5 Å². The Labute approximate surface area is 147 Å². The van der Waals surface area contributed by atoms with Crippen molar-refractivity contribution in [2.75, 3.05) is 6.54 Å². The summed E-state index contributed by atoms with van der Waals surface area (Å²) in [5.41, 5.74) is 4.47. The van der Waals surface area contributed by atoms with Gasteiger partial charge < -0.3 is 5.32 Å². The van der Waals surface area contributed by atoms with Crippen LogP contribution in [-0.2, 0) is 17.9 Å². The zero-order valence-electron chi connectivity index (χ0n) is 15.1. The second kappa shape index (κ2) is 7.51. The third-order valence-electron chi connectivity index (χ3n) is 4.43. The van der Waals surface area contributed by atoms with E-state index in [0.29, 0.717) is 19.5 Å². The zero-order valence-corrected chi connectivity index (χ0v) is 15.1. The monoisotopic (exact) mass is 339 g/mol. The third-order valence-corrected chi connectivity index (χ3v) is 4.43. The van der Waals surface area contributed by atoms with Gasteiger partial charge in [-0.3, -0.25) is 14.2 Å². The first-order valence-electron chi connectivity index (χ1n) is 8.73. The van der Waals surface area contributed by atoms with Gasteiger partial charge in [0.25, 0.3) is 0 Å². The first-order chi connectivity index (χ1) is 12.0. The second-order valence-corrected chi connectivity index (χ2v) is 6.48. The number of hydrogen-bond acceptors (Lipinski definition) is 3. The van der Waals surface area contributed by atoms with Crippen molar-refractivity contribution >= 4 is 16.8 Å². The predicted octanol–water partition coefficient (Wildman–Crippen LogP) is 2.75. The highest BCUT2D eigenvalue weighted by Gasteiger charge is 2.07. The van der Waals surface area contributed by atoms with E-state index < -0.39 is 0 Å². The van der Waals surface area contributed by atoms with Crippen LogP contribution in [0, 0.1) is 20.8 Å². The average molecular weight is 339 g/mol. The lowest BCUT2D eigenvalue weighted by atomic mass is 10.1. The molecule has 0 aliphatic heterocycles. The van der Waals surface area contributed by atoms with E-state index in [1.54, 1.807) is 0 Å². The lowest BCUT2D eigenvalue weighted by molar-refractivity contribution is -0.121. The maximum absolute atomic E-state index is 12.0. The molecule has 2 aromatic heterocycles. The van der Waals surface area contributed by atoms with Crippen molar-refractivity contribution in [1.82, 2.24) is 24.9 Å². The molecule has 132 valence electrons. The second-order valence-electron chi connectivity index (χ2n) is 6.48. The van der Waals surface area contributed by atoms with Gasteiger partial charge in [0.05, 0.1) is 24.0 Å². The van der Waals surface area contributed by atoms with E-state index in [0.717, 1.165) is 35.3 Å². The topological polar surface area (TPSA) is 64.7 Å². The molecule has 2 heterocycles. The molecular weight excluding hydrogens is 314 g/mol. The van der Waals surface area contributed by atoms with Crippen molar-refractivity contribution in [2.45, 2.75) is 46.7 Å². The Kier molecular flexibility index (Phi) is 5.16. The molecule has 3 rings (SSSR count). The number of hydrogen-bond donors (Lipinski definition) is 1. The fourth-order valence-electron chi connectivity index (χ4n) is 3.08. The fraction of sp³-hybridized carbons (Fsp3) is 0.421. The Balaban J connectivity index is 1.43. The van der Waals surface area contributed by atoms with Crippen LogP contribution in [0.1, 0.15) is 29.8 Å². The number of aromatic nitrogens is 4. The van der Waals surface area contributed by atoms with Crippen molar-refractivity contribution < 1.29 is 4.79 Å². The SMILES string of the molecule is Cc1cc(C)n(CCCNC(=O)CCn2ncc3c(C)cccc32)n1. The van der Waals surface area contributed by atoms with Crippen molar-refractivity contribution in [3.8, 4) is 0 Å². The smallest absolute Gasteiger partial charge is 0.221 e. The molecule has 0 fully saturated rings. The molecular formula is C19H25N5O. The van der Waals surface area contributed by atoms with Crippen LogP contribution in [0.4, 0.5) is 0 Å². The molecule has 6 nitrogen and oxygen atoms in total. The molecule has 0 spiro atoms. The van der Waals surface area contributed by atoms with Gasteiger partial charge in [0.2, 0.25) is 5.91 Å². The van der Waals surface area contributed by atoms with E-state index in [4.69, 9.17) is 0 Å². The largest absolute Gasteiger partial charge is 0.356 e. The lowest BCUT2D eigenvalue weighted by Crippen LogP contribution is -2.26. The standard InChI is InChI=1S/C19H25N5O/c1-14-6-4-7-18-17(14)13-21-24(18)11-8-19(25)20-9-5-10-23-16(3)12-15(2)22-23/h4,6-7,12-13H,5,8-11H2,1-3H3,(H,20,25). The molecule has 0 aliphatic rings. The minimum absolute atomic E-state index is 0.0599. The number of nitrogens with zero attached hydrogens (tertiary/aromatic N) is 4. The Hall–Kier alpha value is -2.63. The highest BCUT2D eigenvalue weighted by molar-refractivity contribution is 5.82. The molecule has 1 amide bonds. The van der Waals surface area contributed by atoms with Crippen molar-refractivity contribution in [3.63, 3.8) is 0 Å². The first kappa shape index (κ1) is 17.2. The van der Waals surface area contributed by atoms with Gasteiger partial charge in [-0.25, -0.2) is 0 Å². The Morgan fingerprint density at radius 2 is 2.00 bits per heavy atom. The summed E-state index contributed by atoms with van der Waals surface area (Å²) in [5, 5.41) is 13.0. The van der Waals surface area contributed by atoms with E-state index in [-0.39, 0.29) is 5.91 Å². The number of carbonyl (C=O) groups is 1. The number of carbonyl (C=O) groups excluding carboxylic acids is 1. The molecule has 25 heavy (non-hydrogen) atoms. The number of benzene rings is 1. The minimum atomic E-state index is 0.0599. The van der Waals surface area contributed by atoms with Gasteiger partial charge in [0.1, 0.15) is 0 Å². The van der Waals surface area contributed by atoms with Crippen LogP contribution in [0.5, 0.6) is 0 Å². The maximum Gasteiger partial charge on any atom is 0.221 e. The van der Waals surface area contributed by atoms with Gasteiger partial charge in [-0.2, -0.15) is 10.2 Å². The summed E-state index contributed by atoms with van der Waals surface area (Å²) in [6.07, 6.45) is 3.18. The number of rotatable bonds is 7. The third kappa shape index (κ3) is 4.07. The summed E-state index contributed by atoms with van der Waals surface area (Å²) in [4.78, 5) is 12.0. The summed E-state index contributed by atoms with van der Waals surface area (Å²) in [5.74, 6) is 0.0599. The van der Waals surface area contributed by atoms with E-state index in [1.165, 1.54) is 5.56 Å². The van der Waals surface area contributed by atoms with E-state index in [9.17, 15) is 4.79 Å². The number of aryl methyl sites for hydroxylation is 5. The van der Waals surface area contributed by atoms with Crippen molar-refractivity contribution in [1.29, 1.82) is 0 Å². The highest BCUT2D eigenvalue weighted by Crippen LogP contribution is 2.17. The summed E-state index contributed by atoms with van der Waals surface area (Å²) in [6, 6.07) is 8.20. The molecule has 1 aromatic carbocycles. The molecule has 0 atom stereocenters. The number of nitrogens with one attached hydrogen (secondary N) is 1. The first-order valence-corrected chi connectivity index (χ1v) is 8.73. The van der Waals surface area contributed by atoms with Crippen LogP contribution >= 0.6 is 0 Å². The molecule has 1 N–H and O–H groups in total. The fourth-order valence-corrected chi connectivity index (χ4v) is 3.08. The summed E-state index contributed by atoms with van der Waals surface area (Å²) in [7, 11) is 0. The van der Waals surface area contributed by atoms with Gasteiger partial charge in [0, 0.05) is 30.6 Å². The molecule has 0 radical (unpaired) electrons. The molecule has 0 saturated carbocycles. The van der Waals surface area contributed by atoms with Gasteiger partial charge in [-0.05, 0) is 44.9 Å². The molecule has 0 aliphatic carbocycles. The zero-order chi connectivity index (χ0) is 17.8. The summed E-state index contributed by atoms with van der Waals surface area (Å²) < 4.78 is 3.89. The molecule has 3 aromatic rings. The van der Waals surface area contributed by atoms with Crippen LogP contribution in [0.25, 0.3) is 10.9 Å². The van der Waals surface area contributed by atoms with Gasteiger partial charge in [0.15, 0.2) is 0 Å². The predicted molar refractivity (Wildman–Crippen MR) is 98.4 cm³/mol. The van der Waals surface area contributed by atoms with Crippen LogP contribution in [0.2, 0.25) is 0 Å². The summed E-state index contributed by atoms with van der Waals surface area (Å²) >= 11 is 0. The molecule has 0 bridgehead atoms.